The van der Waals surface area contributed by atoms with E-state index < -0.39 is 0 Å². The first-order valence-corrected chi connectivity index (χ1v) is 5.03. The Labute approximate surface area is 78.7 Å². The summed E-state index contributed by atoms with van der Waals surface area (Å²) in [7, 11) is 0. The third kappa shape index (κ3) is 1.69. The fourth-order valence-electron chi connectivity index (χ4n) is 2.32. The fourth-order valence-corrected chi connectivity index (χ4v) is 2.32. The number of hydrogen-bond acceptors (Lipinski definition) is 3. The molecule has 4 nitrogen and oxygen atoms in total. The summed E-state index contributed by atoms with van der Waals surface area (Å²) in [5.41, 5.74) is 5.50. The predicted octanol–water partition coefficient (Wildman–Crippen LogP) is -0.748. The molecule has 13 heavy (non-hydrogen) atoms. The lowest BCUT2D eigenvalue weighted by Gasteiger charge is -2.31. The Morgan fingerprint density at radius 3 is 2.69 bits per heavy atom. The molecule has 3 saturated heterocycles. The second-order valence-electron chi connectivity index (χ2n) is 3.88. The molecule has 0 aliphatic carbocycles. The summed E-state index contributed by atoms with van der Waals surface area (Å²) in [6.45, 7) is 4.09. The van der Waals surface area contributed by atoms with Crippen LogP contribution in [0, 0.1) is 0 Å². The smallest absolute Gasteiger partial charge is 0.237 e. The zero-order valence-corrected chi connectivity index (χ0v) is 7.91. The topological polar surface area (TPSA) is 49.6 Å². The molecule has 3 heterocycles. The highest BCUT2D eigenvalue weighted by Crippen LogP contribution is 2.20. The van der Waals surface area contributed by atoms with E-state index in [1.807, 2.05) is 4.90 Å². The number of nitrogens with two attached hydrogens (primary N) is 1. The Kier molecular flexibility index (Phi) is 2.51. The van der Waals surface area contributed by atoms with Crippen molar-refractivity contribution in [3.05, 3.63) is 0 Å². The van der Waals surface area contributed by atoms with Gasteiger partial charge in [-0.15, -0.1) is 0 Å². The molecule has 0 radical (unpaired) electrons. The molecule has 3 aliphatic rings. The molecule has 0 aromatic rings. The van der Waals surface area contributed by atoms with E-state index >= 15 is 0 Å². The van der Waals surface area contributed by atoms with E-state index in [0.29, 0.717) is 19.1 Å². The first-order chi connectivity index (χ1) is 6.31. The van der Waals surface area contributed by atoms with Crippen molar-refractivity contribution in [2.75, 3.05) is 32.7 Å². The average Bonchev–Trinajstić information content (AvgIpc) is 2.36. The first kappa shape index (κ1) is 8.97. The van der Waals surface area contributed by atoms with Crippen LogP contribution in [0.1, 0.15) is 12.8 Å². The van der Waals surface area contributed by atoms with Crippen LogP contribution in [0.25, 0.3) is 0 Å². The molecule has 3 rings (SSSR count). The average molecular weight is 183 g/mol. The van der Waals surface area contributed by atoms with Gasteiger partial charge in [0.1, 0.15) is 0 Å². The van der Waals surface area contributed by atoms with Crippen molar-refractivity contribution in [1.82, 2.24) is 9.80 Å². The van der Waals surface area contributed by atoms with E-state index in [-0.39, 0.29) is 5.91 Å². The maximum atomic E-state index is 11.7. The summed E-state index contributed by atoms with van der Waals surface area (Å²) in [5.74, 6) is 0.269. The van der Waals surface area contributed by atoms with Crippen LogP contribution < -0.4 is 5.73 Å². The molecule has 0 saturated carbocycles. The lowest BCUT2D eigenvalue weighted by atomic mass is 10.1. The third-order valence-electron chi connectivity index (χ3n) is 3.05. The summed E-state index contributed by atoms with van der Waals surface area (Å²) < 4.78 is 0. The lowest BCUT2D eigenvalue weighted by molar-refractivity contribution is -0.131. The Morgan fingerprint density at radius 1 is 1.38 bits per heavy atom. The SMILES string of the molecule is NCCN1C(=O)CN2CCC1CC2. The van der Waals surface area contributed by atoms with Crippen molar-refractivity contribution in [1.29, 1.82) is 0 Å². The fraction of sp³-hybridized carbons (Fsp3) is 0.889. The minimum atomic E-state index is 0.269. The van der Waals surface area contributed by atoms with Crippen LogP contribution in [0.4, 0.5) is 0 Å². The molecule has 74 valence electrons. The van der Waals surface area contributed by atoms with Crippen LogP contribution in [0.3, 0.4) is 0 Å². The second kappa shape index (κ2) is 3.64. The number of hydrogen-bond donors (Lipinski definition) is 1. The predicted molar refractivity (Wildman–Crippen MR) is 50.2 cm³/mol. The van der Waals surface area contributed by atoms with Crippen molar-refractivity contribution in [2.45, 2.75) is 18.9 Å². The summed E-state index contributed by atoms with van der Waals surface area (Å²) in [5, 5.41) is 0. The maximum absolute atomic E-state index is 11.7. The van der Waals surface area contributed by atoms with Crippen molar-refractivity contribution < 1.29 is 4.79 Å². The molecule has 0 aromatic heterocycles. The minimum Gasteiger partial charge on any atom is -0.337 e. The van der Waals surface area contributed by atoms with E-state index in [1.54, 1.807) is 0 Å². The molecular formula is C9H17N3O. The number of nitrogens with zero attached hydrogens (tertiary/aromatic N) is 2. The van der Waals surface area contributed by atoms with E-state index in [0.717, 1.165) is 32.5 Å². The highest BCUT2D eigenvalue weighted by Gasteiger charge is 2.32. The summed E-state index contributed by atoms with van der Waals surface area (Å²) in [6.07, 6.45) is 2.26. The van der Waals surface area contributed by atoms with Gasteiger partial charge in [-0.25, -0.2) is 0 Å². The molecule has 0 unspecified atom stereocenters. The number of carbonyl (C=O) groups is 1. The Hall–Kier alpha value is -0.610. The molecule has 3 fully saturated rings. The van der Waals surface area contributed by atoms with Gasteiger partial charge in [-0.2, -0.15) is 0 Å². The van der Waals surface area contributed by atoms with Gasteiger partial charge < -0.3 is 10.6 Å². The standard InChI is InChI=1S/C9H17N3O/c10-3-6-12-8-1-4-11(5-2-8)7-9(12)13/h8H,1-7,10H2. The van der Waals surface area contributed by atoms with E-state index in [2.05, 4.69) is 4.90 Å². The van der Waals surface area contributed by atoms with Crippen LogP contribution in [0.5, 0.6) is 0 Å². The van der Waals surface area contributed by atoms with Gasteiger partial charge in [-0.1, -0.05) is 0 Å². The van der Waals surface area contributed by atoms with Crippen LogP contribution in [0.15, 0.2) is 0 Å². The number of carbonyl (C=O) groups excluding carboxylic acids is 1. The largest absolute Gasteiger partial charge is 0.337 e. The molecule has 0 aromatic carbocycles. The molecule has 0 atom stereocenters. The first-order valence-electron chi connectivity index (χ1n) is 5.03. The molecule has 2 bridgehead atoms. The van der Waals surface area contributed by atoms with Crippen LogP contribution in [-0.2, 0) is 4.79 Å². The molecule has 3 aliphatic heterocycles. The number of rotatable bonds is 2. The summed E-state index contributed by atoms with van der Waals surface area (Å²) in [6, 6.07) is 0.467. The van der Waals surface area contributed by atoms with Crippen molar-refractivity contribution >= 4 is 5.91 Å². The van der Waals surface area contributed by atoms with Crippen molar-refractivity contribution in [2.24, 2.45) is 5.73 Å². The maximum Gasteiger partial charge on any atom is 0.237 e. The molecule has 0 spiro atoms. The zero-order chi connectivity index (χ0) is 9.26. The molecular weight excluding hydrogens is 166 g/mol. The summed E-state index contributed by atoms with van der Waals surface area (Å²) >= 11 is 0. The number of amides is 1. The zero-order valence-electron chi connectivity index (χ0n) is 7.91. The molecule has 1 amide bonds. The van der Waals surface area contributed by atoms with Crippen LogP contribution >= 0.6 is 0 Å². The third-order valence-corrected chi connectivity index (χ3v) is 3.05. The Bertz CT molecular complexity index is 199. The van der Waals surface area contributed by atoms with Crippen LogP contribution in [0.2, 0.25) is 0 Å². The highest BCUT2D eigenvalue weighted by molar-refractivity contribution is 5.79. The van der Waals surface area contributed by atoms with E-state index in [9.17, 15) is 4.79 Å². The Balaban J connectivity index is 2.10. The quantitative estimate of drug-likeness (QED) is 0.613. The van der Waals surface area contributed by atoms with Crippen molar-refractivity contribution in [3.8, 4) is 0 Å². The van der Waals surface area contributed by atoms with E-state index in [4.69, 9.17) is 5.73 Å². The highest BCUT2D eigenvalue weighted by atomic mass is 16.2. The van der Waals surface area contributed by atoms with Gasteiger partial charge in [0.15, 0.2) is 0 Å². The van der Waals surface area contributed by atoms with Gasteiger partial charge in [0, 0.05) is 32.2 Å². The van der Waals surface area contributed by atoms with Gasteiger partial charge in [0.2, 0.25) is 5.91 Å². The van der Waals surface area contributed by atoms with Crippen LogP contribution in [-0.4, -0.2) is 54.5 Å². The summed E-state index contributed by atoms with van der Waals surface area (Å²) in [4.78, 5) is 15.9. The van der Waals surface area contributed by atoms with Crippen molar-refractivity contribution in [3.63, 3.8) is 0 Å². The number of fused-ring (bicyclic) bond motifs is 4. The monoisotopic (exact) mass is 183 g/mol. The lowest BCUT2D eigenvalue weighted by Crippen LogP contribution is -2.42. The van der Waals surface area contributed by atoms with Gasteiger partial charge in [0.05, 0.1) is 6.54 Å². The minimum absolute atomic E-state index is 0.269. The molecule has 4 heteroatoms. The van der Waals surface area contributed by atoms with E-state index in [1.165, 1.54) is 0 Å². The van der Waals surface area contributed by atoms with Gasteiger partial charge in [-0.05, 0) is 12.8 Å². The van der Waals surface area contributed by atoms with Gasteiger partial charge >= 0.3 is 0 Å². The van der Waals surface area contributed by atoms with Gasteiger partial charge in [0.25, 0.3) is 0 Å². The molecule has 2 N–H and O–H groups in total. The normalized spacial score (nSPS) is 33.6. The second-order valence-corrected chi connectivity index (χ2v) is 3.88. The Morgan fingerprint density at radius 2 is 2.08 bits per heavy atom. The van der Waals surface area contributed by atoms with Gasteiger partial charge in [-0.3, -0.25) is 9.69 Å². The number of piperidine rings is 1.